The summed E-state index contributed by atoms with van der Waals surface area (Å²) in [6.45, 7) is 5.51. The van der Waals surface area contributed by atoms with Crippen molar-refractivity contribution in [2.24, 2.45) is 5.73 Å². The third-order valence-corrected chi connectivity index (χ3v) is 5.05. The lowest BCUT2D eigenvalue weighted by molar-refractivity contribution is 0.102. The van der Waals surface area contributed by atoms with E-state index in [4.69, 9.17) is 10.7 Å². The van der Waals surface area contributed by atoms with E-state index in [1.165, 1.54) is 5.57 Å². The summed E-state index contributed by atoms with van der Waals surface area (Å²) in [6.07, 6.45) is 2.17. The molecule has 1 aromatic heterocycles. The molecule has 0 saturated heterocycles. The van der Waals surface area contributed by atoms with Crippen LogP contribution < -0.4 is 11.1 Å². The fourth-order valence-corrected chi connectivity index (χ4v) is 3.47. The molecular weight excluding hydrogens is 356 g/mol. The van der Waals surface area contributed by atoms with Gasteiger partial charge in [0.1, 0.15) is 0 Å². The fraction of sp³-hybridized carbons (Fsp3) is 0.238. The van der Waals surface area contributed by atoms with Gasteiger partial charge in [-0.25, -0.2) is 4.98 Å². The van der Waals surface area contributed by atoms with Crippen LogP contribution in [0.15, 0.2) is 65.3 Å². The van der Waals surface area contributed by atoms with E-state index < -0.39 is 0 Å². The van der Waals surface area contributed by atoms with Crippen LogP contribution in [0.2, 0.25) is 0 Å². The Morgan fingerprint density at radius 2 is 2.00 bits per heavy atom. The molecule has 5 nitrogen and oxygen atoms in total. The zero-order valence-corrected chi connectivity index (χ0v) is 16.4. The number of anilines is 1. The number of nitrogens with one attached hydrogen (secondary N) is 1. The second-order valence-electron chi connectivity index (χ2n) is 6.45. The van der Waals surface area contributed by atoms with Crippen molar-refractivity contribution in [2.75, 3.05) is 17.6 Å². The number of hydrogen-bond donors (Lipinski definition) is 2. The van der Waals surface area contributed by atoms with Gasteiger partial charge in [0.25, 0.3) is 5.91 Å². The highest BCUT2D eigenvalue weighted by Crippen LogP contribution is 2.26. The van der Waals surface area contributed by atoms with Crippen LogP contribution in [0.4, 0.5) is 5.69 Å². The highest BCUT2D eigenvalue weighted by Gasteiger charge is 2.12. The van der Waals surface area contributed by atoms with Gasteiger partial charge in [0.05, 0.1) is 11.0 Å². The Balaban J connectivity index is 1.93. The number of amides is 1. The van der Waals surface area contributed by atoms with Crippen LogP contribution in [0.25, 0.3) is 11.0 Å². The summed E-state index contributed by atoms with van der Waals surface area (Å²) in [5.41, 5.74) is 10.2. The van der Waals surface area contributed by atoms with Crippen LogP contribution in [-0.2, 0) is 6.54 Å². The van der Waals surface area contributed by atoms with Gasteiger partial charge in [0, 0.05) is 30.1 Å². The Labute approximate surface area is 163 Å². The number of nitrogens with zero attached hydrogens (tertiary/aromatic N) is 2. The molecule has 0 bridgehead atoms. The van der Waals surface area contributed by atoms with Gasteiger partial charge in [0.15, 0.2) is 5.16 Å². The molecule has 140 valence electrons. The third kappa shape index (κ3) is 4.78. The first-order chi connectivity index (χ1) is 13.1. The predicted molar refractivity (Wildman–Crippen MR) is 113 cm³/mol. The molecule has 0 spiro atoms. The summed E-state index contributed by atoms with van der Waals surface area (Å²) in [5, 5.41) is 3.92. The SMILES string of the molecule is CC(C)=CCn1c(SCCN)nc2ccc(NC(=O)c3ccccc3)cc21. The molecule has 1 heterocycles. The van der Waals surface area contributed by atoms with E-state index >= 15 is 0 Å². The van der Waals surface area contributed by atoms with Crippen LogP contribution in [0.3, 0.4) is 0 Å². The van der Waals surface area contributed by atoms with Crippen LogP contribution in [0, 0.1) is 0 Å². The molecule has 27 heavy (non-hydrogen) atoms. The molecule has 0 aliphatic rings. The highest BCUT2D eigenvalue weighted by molar-refractivity contribution is 7.99. The number of carbonyl (C=O) groups excluding carboxylic acids is 1. The van der Waals surface area contributed by atoms with Gasteiger partial charge >= 0.3 is 0 Å². The summed E-state index contributed by atoms with van der Waals surface area (Å²) in [4.78, 5) is 17.2. The van der Waals surface area contributed by atoms with Crippen LogP contribution in [0.5, 0.6) is 0 Å². The Morgan fingerprint density at radius 1 is 1.22 bits per heavy atom. The van der Waals surface area contributed by atoms with E-state index in [1.807, 2.05) is 36.4 Å². The van der Waals surface area contributed by atoms with E-state index in [9.17, 15) is 4.79 Å². The summed E-state index contributed by atoms with van der Waals surface area (Å²) in [7, 11) is 0. The highest BCUT2D eigenvalue weighted by atomic mass is 32.2. The van der Waals surface area contributed by atoms with Gasteiger partial charge in [-0.1, -0.05) is 41.6 Å². The molecule has 3 aromatic rings. The monoisotopic (exact) mass is 380 g/mol. The molecule has 0 aliphatic carbocycles. The van der Waals surface area contributed by atoms with Crippen molar-refractivity contribution in [3.63, 3.8) is 0 Å². The summed E-state index contributed by atoms with van der Waals surface area (Å²) >= 11 is 1.65. The second kappa shape index (κ2) is 8.88. The lowest BCUT2D eigenvalue weighted by atomic mass is 10.2. The first-order valence-electron chi connectivity index (χ1n) is 8.91. The van der Waals surface area contributed by atoms with E-state index in [-0.39, 0.29) is 5.91 Å². The minimum Gasteiger partial charge on any atom is -0.330 e. The molecule has 0 unspecified atom stereocenters. The molecule has 2 aromatic carbocycles. The van der Waals surface area contributed by atoms with E-state index in [0.717, 1.165) is 34.2 Å². The van der Waals surface area contributed by atoms with Gasteiger partial charge in [0.2, 0.25) is 0 Å². The van der Waals surface area contributed by atoms with Gasteiger partial charge in [-0.05, 0) is 44.2 Å². The van der Waals surface area contributed by atoms with Gasteiger partial charge in [-0.2, -0.15) is 0 Å². The molecule has 3 N–H and O–H groups in total. The van der Waals surface area contributed by atoms with Crippen molar-refractivity contribution in [1.29, 1.82) is 0 Å². The minimum absolute atomic E-state index is 0.122. The summed E-state index contributed by atoms with van der Waals surface area (Å²) < 4.78 is 2.17. The van der Waals surface area contributed by atoms with Gasteiger partial charge in [-0.15, -0.1) is 0 Å². The van der Waals surface area contributed by atoms with Crippen molar-refractivity contribution in [2.45, 2.75) is 25.5 Å². The number of rotatable bonds is 7. The Bertz CT molecular complexity index is 959. The van der Waals surface area contributed by atoms with Crippen molar-refractivity contribution in [1.82, 2.24) is 9.55 Å². The average molecular weight is 381 g/mol. The maximum absolute atomic E-state index is 12.4. The topological polar surface area (TPSA) is 72.9 Å². The smallest absolute Gasteiger partial charge is 0.255 e. The molecule has 1 amide bonds. The van der Waals surface area contributed by atoms with Crippen molar-refractivity contribution < 1.29 is 4.79 Å². The summed E-state index contributed by atoms with van der Waals surface area (Å²) in [5.74, 6) is 0.693. The van der Waals surface area contributed by atoms with Gasteiger partial charge < -0.3 is 15.6 Å². The maximum Gasteiger partial charge on any atom is 0.255 e. The molecule has 0 radical (unpaired) electrons. The normalized spacial score (nSPS) is 10.8. The number of imidazole rings is 1. The minimum atomic E-state index is -0.122. The van der Waals surface area contributed by atoms with Crippen LogP contribution >= 0.6 is 11.8 Å². The fourth-order valence-electron chi connectivity index (χ4n) is 2.68. The second-order valence-corrected chi connectivity index (χ2v) is 7.51. The number of nitrogens with two attached hydrogens (primary N) is 1. The molecule has 0 saturated carbocycles. The van der Waals surface area contributed by atoms with Crippen LogP contribution in [-0.4, -0.2) is 27.8 Å². The van der Waals surface area contributed by atoms with Gasteiger partial charge in [-0.3, -0.25) is 4.79 Å². The average Bonchev–Trinajstić information content (AvgIpc) is 3.02. The zero-order valence-electron chi connectivity index (χ0n) is 15.6. The van der Waals surface area contributed by atoms with E-state index in [0.29, 0.717) is 12.1 Å². The number of thioether (sulfide) groups is 1. The number of hydrogen-bond acceptors (Lipinski definition) is 4. The standard InChI is InChI=1S/C21H24N4OS/c1-15(2)10-12-25-19-14-17(23-20(26)16-6-4-3-5-7-16)8-9-18(19)24-21(25)27-13-11-22/h3-10,14H,11-13,22H2,1-2H3,(H,23,26). The molecule has 0 atom stereocenters. The van der Waals surface area contributed by atoms with Crippen LogP contribution in [0.1, 0.15) is 24.2 Å². The quantitative estimate of drug-likeness (QED) is 0.473. The first kappa shape index (κ1) is 19.2. The van der Waals surface area contributed by atoms with Crippen molar-refractivity contribution in [3.8, 4) is 0 Å². The lowest BCUT2D eigenvalue weighted by Gasteiger charge is -2.08. The van der Waals surface area contributed by atoms with E-state index in [1.54, 1.807) is 23.9 Å². The maximum atomic E-state index is 12.4. The number of benzene rings is 2. The first-order valence-corrected chi connectivity index (χ1v) is 9.90. The Kier molecular flexibility index (Phi) is 6.32. The molecule has 0 aliphatic heterocycles. The number of allylic oxidation sites excluding steroid dienone is 2. The predicted octanol–water partition coefficient (Wildman–Crippen LogP) is 4.31. The largest absolute Gasteiger partial charge is 0.330 e. The molecule has 6 heteroatoms. The third-order valence-electron chi connectivity index (χ3n) is 4.04. The van der Waals surface area contributed by atoms with Crippen molar-refractivity contribution in [3.05, 3.63) is 65.7 Å². The molecule has 0 fully saturated rings. The van der Waals surface area contributed by atoms with E-state index in [2.05, 4.69) is 29.8 Å². The number of aromatic nitrogens is 2. The number of carbonyl (C=O) groups is 1. The Morgan fingerprint density at radius 3 is 2.70 bits per heavy atom. The Hall–Kier alpha value is -2.57. The lowest BCUT2D eigenvalue weighted by Crippen LogP contribution is -2.11. The molecule has 3 rings (SSSR count). The van der Waals surface area contributed by atoms with Crippen molar-refractivity contribution >= 4 is 34.4 Å². The molecular formula is C21H24N4OS. The number of fused-ring (bicyclic) bond motifs is 1. The summed E-state index contributed by atoms with van der Waals surface area (Å²) in [6, 6.07) is 15.0. The zero-order chi connectivity index (χ0) is 19.2.